The topological polar surface area (TPSA) is 79.2 Å². The van der Waals surface area contributed by atoms with E-state index in [-0.39, 0.29) is 16.9 Å². The molecule has 0 aliphatic carbocycles. The molecule has 0 heterocycles. The van der Waals surface area contributed by atoms with Crippen molar-refractivity contribution < 1.29 is 13.2 Å². The number of nitriles is 1. The third-order valence-electron chi connectivity index (χ3n) is 2.48. The van der Waals surface area contributed by atoms with Gasteiger partial charge < -0.3 is 10.1 Å². The van der Waals surface area contributed by atoms with Crippen molar-refractivity contribution in [1.82, 2.24) is 0 Å². The van der Waals surface area contributed by atoms with E-state index < -0.39 is 9.84 Å². The van der Waals surface area contributed by atoms with Gasteiger partial charge in [0, 0.05) is 18.9 Å². The summed E-state index contributed by atoms with van der Waals surface area (Å²) in [5.41, 5.74) is 0.754. The summed E-state index contributed by atoms with van der Waals surface area (Å²) in [7, 11) is -3.30. The maximum atomic E-state index is 11.5. The average Bonchev–Trinajstić information content (AvgIpc) is 2.32. The van der Waals surface area contributed by atoms with E-state index in [1.54, 1.807) is 6.07 Å². The fourth-order valence-corrected chi connectivity index (χ4v) is 2.11. The van der Waals surface area contributed by atoms with Crippen LogP contribution >= 0.6 is 0 Å². The maximum Gasteiger partial charge on any atom is 0.175 e. The highest BCUT2D eigenvalue weighted by atomic mass is 32.2. The SMILES string of the molecule is CC(C)(C)CNc1ccc(S(C)(=O)=O)cc1OCC#N. The first-order valence-electron chi connectivity index (χ1n) is 6.21. The van der Waals surface area contributed by atoms with Crippen LogP contribution in [0.3, 0.4) is 0 Å². The predicted molar refractivity (Wildman–Crippen MR) is 78.6 cm³/mol. The molecule has 0 bridgehead atoms. The van der Waals surface area contributed by atoms with E-state index >= 15 is 0 Å². The van der Waals surface area contributed by atoms with Crippen LogP contribution in [0.15, 0.2) is 23.1 Å². The number of nitrogens with zero attached hydrogens (tertiary/aromatic N) is 1. The van der Waals surface area contributed by atoms with Crippen molar-refractivity contribution in [1.29, 1.82) is 5.26 Å². The molecule has 1 aromatic carbocycles. The zero-order chi connectivity index (χ0) is 15.4. The second-order valence-electron chi connectivity index (χ2n) is 5.79. The Morgan fingerprint density at radius 3 is 2.50 bits per heavy atom. The Morgan fingerprint density at radius 1 is 1.35 bits per heavy atom. The summed E-state index contributed by atoms with van der Waals surface area (Å²) in [6.45, 7) is 6.83. The van der Waals surface area contributed by atoms with Gasteiger partial charge in [-0.15, -0.1) is 0 Å². The molecule has 0 radical (unpaired) electrons. The molecule has 0 saturated carbocycles. The van der Waals surface area contributed by atoms with Crippen LogP contribution in [0.1, 0.15) is 20.8 Å². The molecule has 5 nitrogen and oxygen atoms in total. The van der Waals surface area contributed by atoms with E-state index in [0.29, 0.717) is 18.0 Å². The lowest BCUT2D eigenvalue weighted by atomic mass is 9.97. The van der Waals surface area contributed by atoms with Gasteiger partial charge in [0.05, 0.1) is 10.6 Å². The second-order valence-corrected chi connectivity index (χ2v) is 7.81. The Bertz CT molecular complexity index is 610. The molecule has 1 N–H and O–H groups in total. The number of hydrogen-bond donors (Lipinski definition) is 1. The molecule has 0 spiro atoms. The van der Waals surface area contributed by atoms with Crippen molar-refractivity contribution in [3.05, 3.63) is 18.2 Å². The molecule has 0 atom stereocenters. The van der Waals surface area contributed by atoms with Gasteiger partial charge in [-0.3, -0.25) is 0 Å². The average molecular weight is 296 g/mol. The van der Waals surface area contributed by atoms with E-state index in [9.17, 15) is 8.42 Å². The Morgan fingerprint density at radius 2 is 2.00 bits per heavy atom. The van der Waals surface area contributed by atoms with E-state index in [1.807, 2.05) is 6.07 Å². The highest BCUT2D eigenvalue weighted by Crippen LogP contribution is 2.29. The minimum absolute atomic E-state index is 0.0714. The van der Waals surface area contributed by atoms with Gasteiger partial charge in [-0.2, -0.15) is 5.26 Å². The van der Waals surface area contributed by atoms with Crippen molar-refractivity contribution in [2.45, 2.75) is 25.7 Å². The molecule has 110 valence electrons. The summed E-state index contributed by atoms with van der Waals surface area (Å²) in [5, 5.41) is 11.8. The number of sulfone groups is 1. The standard InChI is InChI=1S/C14H20N2O3S/c1-14(2,3)10-16-12-6-5-11(20(4,17)18)9-13(12)19-8-7-15/h5-6,9,16H,8,10H2,1-4H3. The van der Waals surface area contributed by atoms with Crippen LogP contribution in [0, 0.1) is 16.7 Å². The zero-order valence-electron chi connectivity index (χ0n) is 12.2. The van der Waals surface area contributed by atoms with E-state index in [0.717, 1.165) is 6.26 Å². The zero-order valence-corrected chi connectivity index (χ0v) is 13.0. The number of rotatable bonds is 5. The fraction of sp³-hybridized carbons (Fsp3) is 0.500. The van der Waals surface area contributed by atoms with Crippen molar-refractivity contribution in [3.8, 4) is 11.8 Å². The van der Waals surface area contributed by atoms with Gasteiger partial charge in [-0.25, -0.2) is 8.42 Å². The highest BCUT2D eigenvalue weighted by Gasteiger charge is 2.14. The quantitative estimate of drug-likeness (QED) is 0.903. The molecule has 0 aliphatic rings. The summed E-state index contributed by atoms with van der Waals surface area (Å²) in [4.78, 5) is 0.173. The Kier molecular flexibility index (Phi) is 5.01. The molecule has 20 heavy (non-hydrogen) atoms. The van der Waals surface area contributed by atoms with Crippen LogP contribution in [0.4, 0.5) is 5.69 Å². The van der Waals surface area contributed by atoms with Crippen LogP contribution in [0.2, 0.25) is 0 Å². The number of anilines is 1. The molecule has 0 unspecified atom stereocenters. The van der Waals surface area contributed by atoms with Gasteiger partial charge >= 0.3 is 0 Å². The largest absolute Gasteiger partial charge is 0.477 e. The van der Waals surface area contributed by atoms with Crippen molar-refractivity contribution in [2.24, 2.45) is 5.41 Å². The summed E-state index contributed by atoms with van der Waals surface area (Å²) >= 11 is 0. The molecule has 6 heteroatoms. The van der Waals surface area contributed by atoms with Crippen LogP contribution in [0.25, 0.3) is 0 Å². The number of benzene rings is 1. The Balaban J connectivity index is 3.07. The smallest absolute Gasteiger partial charge is 0.175 e. The van der Waals surface area contributed by atoms with Gasteiger partial charge in [-0.1, -0.05) is 20.8 Å². The van der Waals surface area contributed by atoms with Crippen molar-refractivity contribution in [2.75, 3.05) is 24.7 Å². The van der Waals surface area contributed by atoms with Gasteiger partial charge in [0.2, 0.25) is 0 Å². The molecule has 0 aliphatic heterocycles. The molecular weight excluding hydrogens is 276 g/mol. The molecule has 0 aromatic heterocycles. The predicted octanol–water partition coefficient (Wildman–Crippen LogP) is 2.45. The number of hydrogen-bond acceptors (Lipinski definition) is 5. The molecule has 0 fully saturated rings. The van der Waals surface area contributed by atoms with Gasteiger partial charge in [0.25, 0.3) is 0 Å². The van der Waals surface area contributed by atoms with Gasteiger partial charge in [0.1, 0.15) is 11.8 Å². The maximum absolute atomic E-state index is 11.5. The van der Waals surface area contributed by atoms with Crippen LogP contribution in [0.5, 0.6) is 5.75 Å². The van der Waals surface area contributed by atoms with Gasteiger partial charge in [0.15, 0.2) is 16.4 Å². The first-order valence-corrected chi connectivity index (χ1v) is 8.10. The first kappa shape index (κ1) is 16.3. The van der Waals surface area contributed by atoms with Crippen molar-refractivity contribution in [3.63, 3.8) is 0 Å². The van der Waals surface area contributed by atoms with Gasteiger partial charge in [-0.05, 0) is 17.5 Å². The van der Waals surface area contributed by atoms with E-state index in [2.05, 4.69) is 26.1 Å². The van der Waals surface area contributed by atoms with E-state index in [4.69, 9.17) is 10.00 Å². The molecular formula is C14H20N2O3S. The lowest BCUT2D eigenvalue weighted by Gasteiger charge is -2.21. The minimum atomic E-state index is -3.30. The Labute approximate surface area is 120 Å². The lowest BCUT2D eigenvalue weighted by Crippen LogP contribution is -2.19. The minimum Gasteiger partial charge on any atom is -0.477 e. The molecule has 0 saturated heterocycles. The normalized spacial score (nSPS) is 11.8. The molecule has 1 aromatic rings. The fourth-order valence-electron chi connectivity index (χ4n) is 1.47. The summed E-state index contributed by atoms with van der Waals surface area (Å²) in [6, 6.07) is 6.51. The summed E-state index contributed by atoms with van der Waals surface area (Å²) in [6.07, 6.45) is 1.14. The second kappa shape index (κ2) is 6.14. The summed E-state index contributed by atoms with van der Waals surface area (Å²) in [5.74, 6) is 0.374. The third kappa shape index (κ3) is 5.10. The summed E-state index contributed by atoms with van der Waals surface area (Å²) < 4.78 is 28.4. The number of nitrogens with one attached hydrogen (secondary N) is 1. The Hall–Kier alpha value is -1.74. The first-order chi connectivity index (χ1) is 9.13. The van der Waals surface area contributed by atoms with Crippen LogP contribution < -0.4 is 10.1 Å². The molecule has 0 amide bonds. The molecule has 1 rings (SSSR count). The van der Waals surface area contributed by atoms with E-state index in [1.165, 1.54) is 12.1 Å². The monoisotopic (exact) mass is 296 g/mol. The number of ether oxygens (including phenoxy) is 1. The highest BCUT2D eigenvalue weighted by molar-refractivity contribution is 7.90. The van der Waals surface area contributed by atoms with Crippen LogP contribution in [-0.4, -0.2) is 27.8 Å². The van der Waals surface area contributed by atoms with Crippen molar-refractivity contribution >= 4 is 15.5 Å². The lowest BCUT2D eigenvalue weighted by molar-refractivity contribution is 0.367. The third-order valence-corrected chi connectivity index (χ3v) is 3.59. The van der Waals surface area contributed by atoms with Crippen LogP contribution in [-0.2, 0) is 9.84 Å².